The zero-order valence-corrected chi connectivity index (χ0v) is 16.8. The van der Waals surface area contributed by atoms with Crippen molar-refractivity contribution in [2.75, 3.05) is 16.8 Å². The number of rotatable bonds is 4. The number of nitro benzene ring substituents is 1. The van der Waals surface area contributed by atoms with Crippen molar-refractivity contribution in [1.82, 2.24) is 0 Å². The third kappa shape index (κ3) is 4.45. The normalized spacial score (nSPS) is 13.1. The van der Waals surface area contributed by atoms with E-state index in [-0.39, 0.29) is 17.2 Å². The average Bonchev–Trinajstić information content (AvgIpc) is 3.02. The zero-order chi connectivity index (χ0) is 21.8. The molecule has 0 saturated carbocycles. The third-order valence-electron chi connectivity index (χ3n) is 5.31. The molecule has 0 aromatic heterocycles. The number of aryl methyl sites for hydroxylation is 1. The number of carbonyl (C=O) groups excluding carboxylic acids is 2. The summed E-state index contributed by atoms with van der Waals surface area (Å²) in [4.78, 5) is 37.7. The number of benzene rings is 3. The molecule has 0 bridgehead atoms. The molecule has 2 amide bonds. The van der Waals surface area contributed by atoms with Crippen LogP contribution in [-0.4, -0.2) is 23.3 Å². The SMILES string of the molecule is O=C(Nc1ccc(C(=O)N2CCCCc3ccccc32)cc1)c1cccc([N+](=O)[O-])c1. The van der Waals surface area contributed by atoms with Gasteiger partial charge in [0, 0.05) is 41.2 Å². The van der Waals surface area contributed by atoms with Gasteiger partial charge in [-0.2, -0.15) is 0 Å². The van der Waals surface area contributed by atoms with Crippen LogP contribution < -0.4 is 10.2 Å². The van der Waals surface area contributed by atoms with Crippen molar-refractivity contribution in [1.29, 1.82) is 0 Å². The molecule has 1 aliphatic rings. The van der Waals surface area contributed by atoms with E-state index < -0.39 is 10.8 Å². The molecule has 31 heavy (non-hydrogen) atoms. The minimum atomic E-state index is -0.543. The number of non-ortho nitro benzene ring substituents is 1. The lowest BCUT2D eigenvalue weighted by Crippen LogP contribution is -2.31. The highest BCUT2D eigenvalue weighted by Crippen LogP contribution is 2.28. The first-order chi connectivity index (χ1) is 15.0. The summed E-state index contributed by atoms with van der Waals surface area (Å²) in [5.74, 6) is -0.532. The van der Waals surface area contributed by atoms with Gasteiger partial charge in [-0.05, 0) is 61.2 Å². The number of hydrogen-bond donors (Lipinski definition) is 1. The van der Waals surface area contributed by atoms with E-state index in [2.05, 4.69) is 11.4 Å². The molecular formula is C24H21N3O4. The first kappa shape index (κ1) is 20.3. The summed E-state index contributed by atoms with van der Waals surface area (Å²) in [6, 6.07) is 20.2. The van der Waals surface area contributed by atoms with E-state index in [0.29, 0.717) is 17.8 Å². The first-order valence-electron chi connectivity index (χ1n) is 10.1. The highest BCUT2D eigenvalue weighted by Gasteiger charge is 2.22. The standard InChI is InChI=1S/C24H21N3O4/c28-23(19-8-5-9-21(16-19)27(30)31)25-20-13-11-18(12-14-20)24(29)26-15-4-3-7-17-6-1-2-10-22(17)26/h1-2,5-6,8-14,16H,3-4,7,15H2,(H,25,28). The first-order valence-corrected chi connectivity index (χ1v) is 10.1. The summed E-state index contributed by atoms with van der Waals surface area (Å²) in [6.45, 7) is 0.668. The summed E-state index contributed by atoms with van der Waals surface area (Å²) >= 11 is 0. The molecule has 3 aromatic carbocycles. The summed E-state index contributed by atoms with van der Waals surface area (Å²) in [6.07, 6.45) is 2.95. The molecule has 1 aliphatic heterocycles. The minimum Gasteiger partial charge on any atom is -0.322 e. The Bertz CT molecular complexity index is 1140. The Kier molecular flexibility index (Phi) is 5.75. The van der Waals surface area contributed by atoms with Crippen molar-refractivity contribution in [3.63, 3.8) is 0 Å². The Morgan fingerprint density at radius 1 is 0.903 bits per heavy atom. The van der Waals surface area contributed by atoms with E-state index in [0.717, 1.165) is 24.9 Å². The highest BCUT2D eigenvalue weighted by molar-refractivity contribution is 6.07. The number of fused-ring (bicyclic) bond motifs is 1. The fraction of sp³-hybridized carbons (Fsp3) is 0.167. The van der Waals surface area contributed by atoms with Crippen LogP contribution in [0.1, 0.15) is 39.1 Å². The molecular weight excluding hydrogens is 394 g/mol. The number of carbonyl (C=O) groups is 2. The van der Waals surface area contributed by atoms with Crippen LogP contribution in [0.5, 0.6) is 0 Å². The summed E-state index contributed by atoms with van der Waals surface area (Å²) in [5.41, 5.74) is 3.21. The molecule has 4 rings (SSSR count). The smallest absolute Gasteiger partial charge is 0.270 e. The molecule has 1 N–H and O–H groups in total. The average molecular weight is 415 g/mol. The molecule has 156 valence electrons. The zero-order valence-electron chi connectivity index (χ0n) is 16.8. The molecule has 0 fully saturated rings. The fourth-order valence-electron chi connectivity index (χ4n) is 3.72. The van der Waals surface area contributed by atoms with Crippen molar-refractivity contribution >= 4 is 28.9 Å². The number of nitro groups is 1. The van der Waals surface area contributed by atoms with Gasteiger partial charge < -0.3 is 10.2 Å². The van der Waals surface area contributed by atoms with Gasteiger partial charge >= 0.3 is 0 Å². The summed E-state index contributed by atoms with van der Waals surface area (Å²) in [7, 11) is 0. The number of anilines is 2. The molecule has 0 unspecified atom stereocenters. The topological polar surface area (TPSA) is 92.6 Å². The lowest BCUT2D eigenvalue weighted by atomic mass is 10.1. The minimum absolute atomic E-state index is 0.0779. The monoisotopic (exact) mass is 415 g/mol. The van der Waals surface area contributed by atoms with Crippen LogP contribution in [0.3, 0.4) is 0 Å². The molecule has 7 heteroatoms. The molecule has 7 nitrogen and oxygen atoms in total. The van der Waals surface area contributed by atoms with Crippen LogP contribution in [0.2, 0.25) is 0 Å². The van der Waals surface area contributed by atoms with Gasteiger partial charge in [0.25, 0.3) is 17.5 Å². The van der Waals surface area contributed by atoms with Crippen molar-refractivity contribution in [3.05, 3.63) is 99.6 Å². The molecule has 0 radical (unpaired) electrons. The van der Waals surface area contributed by atoms with E-state index in [1.54, 1.807) is 24.3 Å². The highest BCUT2D eigenvalue weighted by atomic mass is 16.6. The molecule has 0 spiro atoms. The number of amides is 2. The van der Waals surface area contributed by atoms with Gasteiger partial charge in [0.1, 0.15) is 0 Å². The number of nitrogens with one attached hydrogen (secondary N) is 1. The van der Waals surface area contributed by atoms with Crippen LogP contribution in [-0.2, 0) is 6.42 Å². The molecule has 1 heterocycles. The molecule has 3 aromatic rings. The van der Waals surface area contributed by atoms with Crippen LogP contribution in [0.15, 0.2) is 72.8 Å². The summed E-state index contributed by atoms with van der Waals surface area (Å²) < 4.78 is 0. The summed E-state index contributed by atoms with van der Waals surface area (Å²) in [5, 5.41) is 13.6. The Hall–Kier alpha value is -4.00. The van der Waals surface area contributed by atoms with Crippen molar-refractivity contribution < 1.29 is 14.5 Å². The lowest BCUT2D eigenvalue weighted by Gasteiger charge is -2.23. The Morgan fingerprint density at radius 3 is 2.45 bits per heavy atom. The van der Waals surface area contributed by atoms with Crippen LogP contribution in [0.25, 0.3) is 0 Å². The van der Waals surface area contributed by atoms with E-state index in [1.807, 2.05) is 23.1 Å². The second-order valence-electron chi connectivity index (χ2n) is 7.38. The largest absolute Gasteiger partial charge is 0.322 e. The van der Waals surface area contributed by atoms with Crippen molar-refractivity contribution in [2.45, 2.75) is 19.3 Å². The van der Waals surface area contributed by atoms with Gasteiger partial charge in [-0.25, -0.2) is 0 Å². The number of hydrogen-bond acceptors (Lipinski definition) is 4. The van der Waals surface area contributed by atoms with Crippen molar-refractivity contribution in [2.24, 2.45) is 0 Å². The van der Waals surface area contributed by atoms with Crippen LogP contribution >= 0.6 is 0 Å². The lowest BCUT2D eigenvalue weighted by molar-refractivity contribution is -0.384. The maximum atomic E-state index is 13.1. The van der Waals surface area contributed by atoms with Crippen molar-refractivity contribution in [3.8, 4) is 0 Å². The predicted octanol–water partition coefficient (Wildman–Crippen LogP) is 4.83. The quantitative estimate of drug-likeness (QED) is 0.488. The van der Waals surface area contributed by atoms with Gasteiger partial charge in [-0.15, -0.1) is 0 Å². The molecule has 0 aliphatic carbocycles. The number of nitrogens with zero attached hydrogens (tertiary/aromatic N) is 2. The maximum Gasteiger partial charge on any atom is 0.270 e. The van der Waals surface area contributed by atoms with Gasteiger partial charge in [0.15, 0.2) is 0 Å². The second kappa shape index (κ2) is 8.79. The predicted molar refractivity (Wildman–Crippen MR) is 119 cm³/mol. The van der Waals surface area contributed by atoms with Crippen LogP contribution in [0, 0.1) is 10.1 Å². The van der Waals surface area contributed by atoms with Crippen LogP contribution in [0.4, 0.5) is 17.1 Å². The van der Waals surface area contributed by atoms with Gasteiger partial charge in [-0.1, -0.05) is 24.3 Å². The maximum absolute atomic E-state index is 13.1. The molecule has 0 atom stereocenters. The Morgan fingerprint density at radius 2 is 1.68 bits per heavy atom. The third-order valence-corrected chi connectivity index (χ3v) is 5.31. The van der Waals surface area contributed by atoms with E-state index in [1.165, 1.54) is 29.8 Å². The van der Waals surface area contributed by atoms with E-state index in [9.17, 15) is 19.7 Å². The Balaban J connectivity index is 1.49. The number of para-hydroxylation sites is 1. The van der Waals surface area contributed by atoms with Gasteiger partial charge in [0.2, 0.25) is 0 Å². The second-order valence-corrected chi connectivity index (χ2v) is 7.38. The van der Waals surface area contributed by atoms with Gasteiger partial charge in [0.05, 0.1) is 4.92 Å². The van der Waals surface area contributed by atoms with E-state index >= 15 is 0 Å². The van der Waals surface area contributed by atoms with E-state index in [4.69, 9.17) is 0 Å². The fourth-order valence-corrected chi connectivity index (χ4v) is 3.72. The van der Waals surface area contributed by atoms with Gasteiger partial charge in [-0.3, -0.25) is 19.7 Å². The Labute approximate surface area is 179 Å². The molecule has 0 saturated heterocycles.